The molecule has 0 radical (unpaired) electrons. The molecule has 1 fully saturated rings. The second-order valence-corrected chi connectivity index (χ2v) is 7.66. The summed E-state index contributed by atoms with van der Waals surface area (Å²) >= 11 is 0. The molecule has 2 unspecified atom stereocenters. The number of benzene rings is 1. The third-order valence-corrected chi connectivity index (χ3v) is 5.51. The molecule has 3 N–H and O–H groups in total. The van der Waals surface area contributed by atoms with Gasteiger partial charge in [-0.05, 0) is 18.2 Å². The van der Waals surface area contributed by atoms with Crippen LogP contribution >= 0.6 is 12.4 Å². The van der Waals surface area contributed by atoms with Crippen LogP contribution in [0.3, 0.4) is 0 Å². The molecule has 1 aromatic rings. The number of carbonyl (C=O) groups is 1. The number of aliphatic hydroxyl groups is 1. The van der Waals surface area contributed by atoms with Gasteiger partial charge in [-0.3, -0.25) is 4.79 Å². The first kappa shape index (κ1) is 19.9. The molecule has 9 heteroatoms. The van der Waals surface area contributed by atoms with Gasteiger partial charge in [0.15, 0.2) is 0 Å². The van der Waals surface area contributed by atoms with Crippen molar-refractivity contribution < 1.29 is 18.3 Å². The van der Waals surface area contributed by atoms with Crippen molar-refractivity contribution in [3.63, 3.8) is 0 Å². The predicted molar refractivity (Wildman–Crippen MR) is 89.3 cm³/mol. The summed E-state index contributed by atoms with van der Waals surface area (Å²) in [6, 6.07) is 5.91. The lowest BCUT2D eigenvalue weighted by Gasteiger charge is -2.15. The van der Waals surface area contributed by atoms with Gasteiger partial charge in [-0.15, -0.1) is 12.4 Å². The number of hydrogen-bond acceptors (Lipinski definition) is 5. The van der Waals surface area contributed by atoms with E-state index >= 15 is 0 Å². The second-order valence-electron chi connectivity index (χ2n) is 5.51. The van der Waals surface area contributed by atoms with Crippen LogP contribution in [0.1, 0.15) is 10.4 Å². The maximum absolute atomic E-state index is 12.1. The highest BCUT2D eigenvalue weighted by molar-refractivity contribution is 7.89. The second kappa shape index (κ2) is 8.07. The number of carbonyl (C=O) groups excluding carboxylic acids is 1. The average molecular weight is 364 g/mol. The highest BCUT2D eigenvalue weighted by Crippen LogP contribution is 2.15. The number of hydrogen-bond donors (Lipinski definition) is 3. The van der Waals surface area contributed by atoms with Crippen molar-refractivity contribution in [2.24, 2.45) is 5.92 Å². The summed E-state index contributed by atoms with van der Waals surface area (Å²) in [6.45, 7) is 1.52. The zero-order chi connectivity index (χ0) is 16.3. The summed E-state index contributed by atoms with van der Waals surface area (Å²) < 4.78 is 25.2. The Kier molecular flexibility index (Phi) is 6.97. The largest absolute Gasteiger partial charge is 0.391 e. The number of rotatable bonds is 5. The third-order valence-electron chi connectivity index (χ3n) is 3.70. The molecule has 23 heavy (non-hydrogen) atoms. The summed E-state index contributed by atoms with van der Waals surface area (Å²) in [5.41, 5.74) is 0.281. The monoisotopic (exact) mass is 363 g/mol. The smallest absolute Gasteiger partial charge is 0.251 e. The first-order valence-electron chi connectivity index (χ1n) is 7.02. The fourth-order valence-corrected chi connectivity index (χ4v) is 3.21. The Morgan fingerprint density at radius 1 is 1.39 bits per heavy atom. The molecule has 130 valence electrons. The molecule has 2 atom stereocenters. The van der Waals surface area contributed by atoms with E-state index in [2.05, 4.69) is 10.6 Å². The van der Waals surface area contributed by atoms with E-state index < -0.39 is 16.1 Å². The van der Waals surface area contributed by atoms with Crippen molar-refractivity contribution in [1.82, 2.24) is 14.9 Å². The van der Waals surface area contributed by atoms with Crippen LogP contribution < -0.4 is 10.6 Å². The van der Waals surface area contributed by atoms with Crippen molar-refractivity contribution in [3.05, 3.63) is 29.8 Å². The van der Waals surface area contributed by atoms with Crippen LogP contribution in [0.2, 0.25) is 0 Å². The quantitative estimate of drug-likeness (QED) is 0.665. The molecule has 1 aliphatic heterocycles. The summed E-state index contributed by atoms with van der Waals surface area (Å²) in [5, 5.41) is 15.5. The SMILES string of the molecule is CN(C)S(=O)(=O)c1cccc(C(=O)NCC2CNCC2O)c1.Cl. The minimum Gasteiger partial charge on any atom is -0.391 e. The Balaban J connectivity index is 0.00000264. The normalized spacial score (nSPS) is 21.0. The van der Waals surface area contributed by atoms with E-state index in [9.17, 15) is 18.3 Å². The Labute approximate surface area is 142 Å². The zero-order valence-electron chi connectivity index (χ0n) is 13.0. The molecule has 0 spiro atoms. The Hall–Kier alpha value is -1.19. The topological polar surface area (TPSA) is 98.7 Å². The van der Waals surface area contributed by atoms with Crippen LogP contribution in [-0.4, -0.2) is 63.6 Å². The summed E-state index contributed by atoms with van der Waals surface area (Å²) in [5.74, 6) is -0.382. The van der Waals surface area contributed by atoms with E-state index in [1.54, 1.807) is 6.07 Å². The predicted octanol–water partition coefficient (Wildman–Crippen LogP) is -0.331. The summed E-state index contributed by atoms with van der Waals surface area (Å²) in [6.07, 6.45) is -0.472. The van der Waals surface area contributed by atoms with Gasteiger partial charge in [-0.25, -0.2) is 12.7 Å². The molecular formula is C14H22ClN3O4S. The van der Waals surface area contributed by atoms with Crippen molar-refractivity contribution in [3.8, 4) is 0 Å². The van der Waals surface area contributed by atoms with Crippen LogP contribution in [0, 0.1) is 5.92 Å². The van der Waals surface area contributed by atoms with Crippen LogP contribution in [0.4, 0.5) is 0 Å². The van der Waals surface area contributed by atoms with Crippen molar-refractivity contribution >= 4 is 28.3 Å². The Morgan fingerprint density at radius 2 is 2.09 bits per heavy atom. The lowest BCUT2D eigenvalue weighted by atomic mass is 10.1. The molecule has 1 saturated heterocycles. The van der Waals surface area contributed by atoms with Crippen molar-refractivity contribution in [2.75, 3.05) is 33.7 Å². The fraction of sp³-hybridized carbons (Fsp3) is 0.500. The molecule has 0 bridgehead atoms. The lowest BCUT2D eigenvalue weighted by molar-refractivity contribution is 0.0927. The molecular weight excluding hydrogens is 342 g/mol. The van der Waals surface area contributed by atoms with Crippen LogP contribution in [-0.2, 0) is 10.0 Å². The zero-order valence-corrected chi connectivity index (χ0v) is 14.7. The average Bonchev–Trinajstić information content (AvgIpc) is 2.90. The molecule has 1 heterocycles. The van der Waals surface area contributed by atoms with Crippen LogP contribution in [0.25, 0.3) is 0 Å². The maximum Gasteiger partial charge on any atom is 0.251 e. The minimum atomic E-state index is -3.57. The number of β-amino-alcohol motifs (C(OH)–C–C–N with tert-alkyl or cyclic N) is 1. The molecule has 1 amide bonds. The minimum absolute atomic E-state index is 0. The van der Waals surface area contributed by atoms with E-state index in [-0.39, 0.29) is 34.7 Å². The van der Waals surface area contributed by atoms with Gasteiger partial charge < -0.3 is 15.7 Å². The molecule has 0 saturated carbocycles. The third kappa shape index (κ3) is 4.65. The van der Waals surface area contributed by atoms with Gasteiger partial charge in [-0.2, -0.15) is 0 Å². The number of sulfonamides is 1. The van der Waals surface area contributed by atoms with E-state index in [1.807, 2.05) is 0 Å². The van der Waals surface area contributed by atoms with E-state index in [0.29, 0.717) is 19.6 Å². The number of halogens is 1. The van der Waals surface area contributed by atoms with Gasteiger partial charge in [0, 0.05) is 45.2 Å². The van der Waals surface area contributed by atoms with Gasteiger partial charge in [0.1, 0.15) is 0 Å². The number of amides is 1. The van der Waals surface area contributed by atoms with Crippen LogP contribution in [0.15, 0.2) is 29.2 Å². The highest BCUT2D eigenvalue weighted by Gasteiger charge is 2.25. The van der Waals surface area contributed by atoms with Gasteiger partial charge in [0.05, 0.1) is 11.0 Å². The highest BCUT2D eigenvalue weighted by atomic mass is 35.5. The standard InChI is InChI=1S/C14H21N3O4S.ClH/c1-17(2)22(20,21)12-5-3-4-10(6-12)14(19)16-8-11-7-15-9-13(11)18;/h3-6,11,13,15,18H,7-9H2,1-2H3,(H,16,19);1H. The maximum atomic E-state index is 12.1. The molecule has 0 aliphatic carbocycles. The number of nitrogens with zero attached hydrogens (tertiary/aromatic N) is 1. The van der Waals surface area contributed by atoms with Gasteiger partial charge in [0.25, 0.3) is 5.91 Å². The van der Waals surface area contributed by atoms with E-state index in [4.69, 9.17) is 0 Å². The van der Waals surface area contributed by atoms with Crippen molar-refractivity contribution in [1.29, 1.82) is 0 Å². The van der Waals surface area contributed by atoms with E-state index in [0.717, 1.165) is 4.31 Å². The molecule has 7 nitrogen and oxygen atoms in total. The molecule has 0 aromatic heterocycles. The summed E-state index contributed by atoms with van der Waals surface area (Å²) in [4.78, 5) is 12.2. The van der Waals surface area contributed by atoms with Crippen molar-refractivity contribution in [2.45, 2.75) is 11.0 Å². The lowest BCUT2D eigenvalue weighted by Crippen LogP contribution is -2.34. The van der Waals surface area contributed by atoms with Crippen LogP contribution in [0.5, 0.6) is 0 Å². The van der Waals surface area contributed by atoms with E-state index in [1.165, 1.54) is 32.3 Å². The summed E-state index contributed by atoms with van der Waals surface area (Å²) in [7, 11) is -0.687. The first-order chi connectivity index (χ1) is 10.3. The molecule has 1 aromatic carbocycles. The fourth-order valence-electron chi connectivity index (χ4n) is 2.26. The Morgan fingerprint density at radius 3 is 2.65 bits per heavy atom. The number of nitrogens with one attached hydrogen (secondary N) is 2. The number of aliphatic hydroxyl groups excluding tert-OH is 1. The Bertz CT molecular complexity index is 651. The molecule has 2 rings (SSSR count). The molecule has 1 aliphatic rings. The van der Waals surface area contributed by atoms with Gasteiger partial charge in [0.2, 0.25) is 10.0 Å². The van der Waals surface area contributed by atoms with Gasteiger partial charge >= 0.3 is 0 Å². The van der Waals surface area contributed by atoms with Gasteiger partial charge in [-0.1, -0.05) is 6.07 Å². The first-order valence-corrected chi connectivity index (χ1v) is 8.46.